The number of methoxy groups -OCH3 is 2. The number of benzene rings is 10. The van der Waals surface area contributed by atoms with Gasteiger partial charge in [-0.15, -0.1) is 0 Å². The van der Waals surface area contributed by atoms with E-state index >= 15 is 0 Å². The molecule has 510 valence electrons. The zero-order chi connectivity index (χ0) is 70.9. The van der Waals surface area contributed by atoms with Gasteiger partial charge in [0.15, 0.2) is 0 Å². The van der Waals surface area contributed by atoms with Crippen molar-refractivity contribution >= 4 is 125 Å². The van der Waals surface area contributed by atoms with E-state index in [1.807, 2.05) is 137 Å². The number of hydrogen-bond donors (Lipinski definition) is 7. The molecule has 2 heterocycles. The zero-order valence-corrected chi connectivity index (χ0v) is 58.1. The third-order valence-corrected chi connectivity index (χ3v) is 16.1. The van der Waals surface area contributed by atoms with Crippen molar-refractivity contribution < 1.29 is 19.7 Å². The first-order valence-corrected chi connectivity index (χ1v) is 32.6. The van der Waals surface area contributed by atoms with Crippen molar-refractivity contribution in [1.29, 1.82) is 0 Å². The van der Waals surface area contributed by atoms with E-state index in [0.717, 1.165) is 78.9 Å². The van der Waals surface area contributed by atoms with Crippen LogP contribution in [0.25, 0.3) is 21.5 Å². The molecule has 0 bridgehead atoms. The molecule has 0 spiro atoms. The Morgan fingerprint density at radius 3 is 1.19 bits per heavy atom. The quantitative estimate of drug-likeness (QED) is 0.0277. The number of hydrogen-bond acceptors (Lipinski definition) is 24. The predicted octanol–water partition coefficient (Wildman–Crippen LogP) is 20.0. The van der Waals surface area contributed by atoms with E-state index in [1.165, 1.54) is 32.7 Å². The molecular formula is C77H78N20O4. The van der Waals surface area contributed by atoms with Crippen LogP contribution >= 0.6 is 0 Å². The minimum Gasteiger partial charge on any atom is -0.494 e. The second-order valence-electron chi connectivity index (χ2n) is 24.0. The maximum Gasteiger partial charge on any atom is 0.233 e. The lowest BCUT2D eigenvalue weighted by Gasteiger charge is -2.18. The lowest BCUT2D eigenvalue weighted by atomic mass is 10.0. The second-order valence-corrected chi connectivity index (χ2v) is 24.0. The first-order valence-electron chi connectivity index (χ1n) is 32.6. The van der Waals surface area contributed by atoms with Crippen molar-refractivity contribution in [3.05, 3.63) is 226 Å². The average molecular weight is 1350 g/mol. The van der Waals surface area contributed by atoms with Crippen LogP contribution in [0.2, 0.25) is 0 Å². The number of aliphatic hydroxyl groups excluding tert-OH is 2. The fraction of sp³-hybridized carbons (Fsp3) is 0.195. The molecule has 0 amide bonds. The van der Waals surface area contributed by atoms with Gasteiger partial charge >= 0.3 is 0 Å². The van der Waals surface area contributed by atoms with Crippen LogP contribution in [-0.2, 0) is 0 Å². The topological polar surface area (TPSA) is 299 Å². The molecule has 12 aromatic rings. The molecule has 24 heteroatoms. The summed E-state index contributed by atoms with van der Waals surface area (Å²) in [4.78, 5) is 29.2. The summed E-state index contributed by atoms with van der Waals surface area (Å²) in [7, 11) is 4.92. The monoisotopic (exact) mass is 1350 g/mol. The van der Waals surface area contributed by atoms with Gasteiger partial charge in [0.2, 0.25) is 35.7 Å². The number of aromatic nitrogens is 6. The smallest absolute Gasteiger partial charge is 0.233 e. The Labute approximate surface area is 585 Å². The van der Waals surface area contributed by atoms with Gasteiger partial charge in [-0.1, -0.05) is 60.7 Å². The average Bonchev–Trinajstić information content (AvgIpc) is 0.815. The van der Waals surface area contributed by atoms with Crippen molar-refractivity contribution in [2.45, 2.75) is 55.4 Å². The van der Waals surface area contributed by atoms with Gasteiger partial charge < -0.3 is 51.2 Å². The van der Waals surface area contributed by atoms with E-state index in [0.29, 0.717) is 64.6 Å². The lowest BCUT2D eigenvalue weighted by molar-refractivity contribution is 0.303. The number of fused-ring (bicyclic) bond motifs is 2. The number of rotatable bonds is 24. The van der Waals surface area contributed by atoms with Crippen LogP contribution in [0.15, 0.2) is 223 Å². The minimum atomic E-state index is -0.0769. The fourth-order valence-corrected chi connectivity index (χ4v) is 10.9. The van der Waals surface area contributed by atoms with Gasteiger partial charge in [-0.2, -0.15) is 70.8 Å². The van der Waals surface area contributed by atoms with Crippen LogP contribution < -0.4 is 41.0 Å². The maximum atomic E-state index is 9.55. The molecular weight excluding hydrogens is 1270 g/mol. The van der Waals surface area contributed by atoms with E-state index in [-0.39, 0.29) is 31.7 Å². The number of azo groups is 4. The van der Waals surface area contributed by atoms with Crippen molar-refractivity contribution in [2.24, 2.45) is 40.9 Å². The number of aryl methyl sites for hydroxylation is 8. The molecule has 0 radical (unpaired) electrons. The van der Waals surface area contributed by atoms with Gasteiger partial charge in [-0.25, -0.2) is 0 Å². The molecule has 0 saturated heterocycles. The van der Waals surface area contributed by atoms with Crippen molar-refractivity contribution in [1.82, 2.24) is 29.9 Å². The summed E-state index contributed by atoms with van der Waals surface area (Å²) in [6.07, 6.45) is 0. The summed E-state index contributed by atoms with van der Waals surface area (Å²) in [5.41, 5.74) is 17.5. The van der Waals surface area contributed by atoms with Crippen molar-refractivity contribution in [3.63, 3.8) is 0 Å². The molecule has 0 aliphatic rings. The van der Waals surface area contributed by atoms with E-state index in [2.05, 4.69) is 186 Å². The number of nitrogens with zero attached hydrogens (tertiary/aromatic N) is 15. The molecule has 0 unspecified atom stereocenters. The molecule has 2 aromatic heterocycles. The zero-order valence-electron chi connectivity index (χ0n) is 58.1. The SMILES string of the molecule is COc1cc(N=Nc2cccc(C)c2)ccc1Nc1nc(Nc2ccc(N=Nc3cccc(C)c3)cc2OC)nc(N(C)CCO)n1.Cc1cc(Nc2nc(NCCO)nc(Nc3ccc(N=Nc4cc(C)c5cccc(C)c5c4)c(C)c3)n2)ccc1N=Nc1cc(C)c2cccc(C)c2c1. The summed E-state index contributed by atoms with van der Waals surface area (Å²) in [5, 5.41) is 75.5. The van der Waals surface area contributed by atoms with Crippen LogP contribution in [0.4, 0.5) is 104 Å². The van der Waals surface area contributed by atoms with Gasteiger partial charge in [0.25, 0.3) is 0 Å². The first-order chi connectivity index (χ1) is 49.0. The Kier molecular flexibility index (Phi) is 22.6. The summed E-state index contributed by atoms with van der Waals surface area (Å²) in [6.45, 7) is 16.8. The largest absolute Gasteiger partial charge is 0.494 e. The highest BCUT2D eigenvalue weighted by Gasteiger charge is 2.17. The van der Waals surface area contributed by atoms with Gasteiger partial charge in [0, 0.05) is 43.6 Å². The van der Waals surface area contributed by atoms with Gasteiger partial charge in [-0.05, 0) is 231 Å². The summed E-state index contributed by atoms with van der Waals surface area (Å²) in [6, 6.07) is 58.9. The Bertz CT molecular complexity index is 4800. The van der Waals surface area contributed by atoms with E-state index in [4.69, 9.17) is 9.47 Å². The van der Waals surface area contributed by atoms with Crippen LogP contribution in [0, 0.1) is 55.4 Å². The number of nitrogens with one attached hydrogen (secondary N) is 5. The number of likely N-dealkylation sites (N-methyl/N-ethyl adjacent to an activating group) is 1. The number of anilines is 10. The standard InChI is InChI=1S/C43H42N10O.C34H36N10O3/c1-25-9-7-11-35-27(3)19-33(23-37(25)35)50-52-39-15-13-31(21-29(39)5)45-42-47-41(44-17-18-54)48-43(49-42)46-32-14-16-40(30(6)22-32)53-51-34-20-28(4)36-12-8-10-26(2)38(36)24-34;1-22-8-6-10-24(18-22)40-42-26-12-14-28(30(20-26)46-4)35-32-37-33(39-34(38-32)44(3)16-17-45)36-29-15-13-27(21-31(29)47-5)43-41-25-11-7-9-23(2)19-25/h7-16,19-24,54H,17-18H2,1-6H3,(H3,44,45,46,47,48,49);6-15,18-21,45H,16-17H2,1-5H3,(H2,35,36,37,38,39). The Morgan fingerprint density at radius 1 is 0.356 bits per heavy atom. The summed E-state index contributed by atoms with van der Waals surface area (Å²) >= 11 is 0. The van der Waals surface area contributed by atoms with Crippen molar-refractivity contribution in [3.8, 4) is 11.5 Å². The van der Waals surface area contributed by atoms with Crippen LogP contribution in [-0.4, -0.2) is 87.7 Å². The third kappa shape index (κ3) is 18.4. The lowest BCUT2D eigenvalue weighted by Crippen LogP contribution is -2.24. The van der Waals surface area contributed by atoms with Crippen LogP contribution in [0.1, 0.15) is 44.5 Å². The number of ether oxygens (including phenoxy) is 2. The predicted molar refractivity (Wildman–Crippen MR) is 403 cm³/mol. The second kappa shape index (κ2) is 32.7. The molecule has 12 rings (SSSR count). The molecule has 0 aliphatic carbocycles. The highest BCUT2D eigenvalue weighted by Crippen LogP contribution is 2.37. The first kappa shape index (κ1) is 69.8. The summed E-state index contributed by atoms with van der Waals surface area (Å²) < 4.78 is 11.3. The normalized spacial score (nSPS) is 11.4. The fourth-order valence-electron chi connectivity index (χ4n) is 10.9. The molecule has 24 nitrogen and oxygen atoms in total. The molecule has 0 saturated carbocycles. The van der Waals surface area contributed by atoms with E-state index < -0.39 is 0 Å². The third-order valence-electron chi connectivity index (χ3n) is 16.1. The molecule has 0 fully saturated rings. The van der Waals surface area contributed by atoms with Gasteiger partial charge in [0.05, 0.1) is 84.3 Å². The van der Waals surface area contributed by atoms with E-state index in [1.54, 1.807) is 38.3 Å². The molecule has 0 aliphatic heterocycles. The Hall–Kier alpha value is -12.5. The molecule has 101 heavy (non-hydrogen) atoms. The van der Waals surface area contributed by atoms with Gasteiger partial charge in [0.1, 0.15) is 11.5 Å². The Morgan fingerprint density at radius 2 is 0.772 bits per heavy atom. The maximum absolute atomic E-state index is 9.55. The van der Waals surface area contributed by atoms with Crippen LogP contribution in [0.5, 0.6) is 11.5 Å². The highest BCUT2D eigenvalue weighted by atomic mass is 16.5. The van der Waals surface area contributed by atoms with Gasteiger partial charge in [-0.3, -0.25) is 0 Å². The highest BCUT2D eigenvalue weighted by molar-refractivity contribution is 5.92. The molecule has 7 N–H and O–H groups in total. The van der Waals surface area contributed by atoms with Crippen LogP contribution in [0.3, 0.4) is 0 Å². The minimum absolute atomic E-state index is 0.0710. The number of aliphatic hydroxyl groups is 2. The molecule has 10 aromatic carbocycles. The Balaban J connectivity index is 0.000000205. The summed E-state index contributed by atoms with van der Waals surface area (Å²) in [5.74, 6) is 2.83. The molecule has 0 atom stereocenters. The van der Waals surface area contributed by atoms with E-state index in [9.17, 15) is 10.2 Å². The van der Waals surface area contributed by atoms with Crippen molar-refractivity contribution in [2.75, 3.05) is 79.1 Å².